The van der Waals surface area contributed by atoms with Gasteiger partial charge >= 0.3 is 0 Å². The van der Waals surface area contributed by atoms with Gasteiger partial charge in [0.1, 0.15) is 0 Å². The molecule has 3 aromatic rings. The summed E-state index contributed by atoms with van der Waals surface area (Å²) in [6.45, 7) is 1.95. The molecule has 0 fully saturated rings. The Morgan fingerprint density at radius 2 is 1.44 bits per heavy atom. The van der Waals surface area contributed by atoms with Gasteiger partial charge in [0.15, 0.2) is 0 Å². The van der Waals surface area contributed by atoms with Crippen LogP contribution in [0.4, 0.5) is 5.69 Å². The van der Waals surface area contributed by atoms with Gasteiger partial charge in [-0.1, -0.05) is 54.6 Å². The Bertz CT molecular complexity index is 1030. The topological polar surface area (TPSA) is 40.6 Å². The van der Waals surface area contributed by atoms with E-state index in [9.17, 15) is 8.42 Å². The first-order valence-corrected chi connectivity index (χ1v) is 10.5. The zero-order chi connectivity index (χ0) is 19.6. The molecule has 0 heterocycles. The fourth-order valence-electron chi connectivity index (χ4n) is 3.36. The van der Waals surface area contributed by atoms with Crippen molar-refractivity contribution < 1.29 is 8.42 Å². The number of likely N-dealkylation sites (N-methyl/N-ethyl adjacent to an activating group) is 1. The molecule has 0 aliphatic heterocycles. The fraction of sp³-hybridized carbons (Fsp3) is 0.273. The van der Waals surface area contributed by atoms with Crippen LogP contribution in [0.15, 0.2) is 71.6 Å². The van der Waals surface area contributed by atoms with Gasteiger partial charge in [0, 0.05) is 43.6 Å². The highest BCUT2D eigenvalue weighted by Crippen LogP contribution is 2.32. The minimum absolute atomic E-state index is 0.148. The largest absolute Gasteiger partial charge is 0.377 e. The molecular formula is C22H26N2O2S. The predicted octanol–water partition coefficient (Wildman–Crippen LogP) is 4.16. The van der Waals surface area contributed by atoms with E-state index in [1.165, 1.54) is 4.31 Å². The molecule has 4 nitrogen and oxygen atoms in total. The maximum Gasteiger partial charge on any atom is 0.243 e. The standard InChI is InChI=1S/C22H26N2O2S/c1-17(16-18-10-6-5-7-11-18)24(4)27(25,26)22-15-9-12-19-20(22)13-8-14-21(19)23(2)3/h5-15,17H,16H2,1-4H3. The fourth-order valence-corrected chi connectivity index (χ4v) is 4.92. The van der Waals surface area contributed by atoms with E-state index in [2.05, 4.69) is 0 Å². The maximum absolute atomic E-state index is 13.4. The summed E-state index contributed by atoms with van der Waals surface area (Å²) in [6, 6.07) is 21.1. The van der Waals surface area contributed by atoms with Crippen molar-refractivity contribution in [1.82, 2.24) is 4.31 Å². The summed E-state index contributed by atoms with van der Waals surface area (Å²) < 4.78 is 28.2. The van der Waals surface area contributed by atoms with E-state index in [4.69, 9.17) is 0 Å². The summed E-state index contributed by atoms with van der Waals surface area (Å²) in [4.78, 5) is 2.35. The average molecular weight is 383 g/mol. The molecule has 27 heavy (non-hydrogen) atoms. The van der Waals surface area contributed by atoms with Gasteiger partial charge in [-0.15, -0.1) is 0 Å². The van der Waals surface area contributed by atoms with Crippen molar-refractivity contribution in [3.05, 3.63) is 72.3 Å². The first-order chi connectivity index (χ1) is 12.8. The second kappa shape index (κ2) is 7.71. The Labute approximate surface area is 162 Å². The molecule has 0 amide bonds. The lowest BCUT2D eigenvalue weighted by atomic mass is 10.1. The van der Waals surface area contributed by atoms with Gasteiger partial charge in [-0.3, -0.25) is 0 Å². The Kier molecular flexibility index (Phi) is 5.53. The van der Waals surface area contributed by atoms with Crippen LogP contribution >= 0.6 is 0 Å². The van der Waals surface area contributed by atoms with E-state index < -0.39 is 10.0 Å². The molecule has 0 bridgehead atoms. The molecule has 0 N–H and O–H groups in total. The number of sulfonamides is 1. The second-order valence-corrected chi connectivity index (χ2v) is 9.05. The Morgan fingerprint density at radius 3 is 2.11 bits per heavy atom. The molecule has 0 spiro atoms. The third kappa shape index (κ3) is 3.84. The van der Waals surface area contributed by atoms with Gasteiger partial charge in [0.25, 0.3) is 0 Å². The Morgan fingerprint density at radius 1 is 0.815 bits per heavy atom. The first-order valence-electron chi connectivity index (χ1n) is 9.03. The number of nitrogens with zero attached hydrogens (tertiary/aromatic N) is 2. The van der Waals surface area contributed by atoms with Crippen LogP contribution in [-0.4, -0.2) is 39.9 Å². The third-order valence-electron chi connectivity index (χ3n) is 4.99. The van der Waals surface area contributed by atoms with E-state index in [-0.39, 0.29) is 6.04 Å². The van der Waals surface area contributed by atoms with E-state index >= 15 is 0 Å². The lowest BCUT2D eigenvalue weighted by Crippen LogP contribution is -2.36. The molecule has 3 rings (SSSR count). The smallest absolute Gasteiger partial charge is 0.243 e. The lowest BCUT2D eigenvalue weighted by Gasteiger charge is -2.25. The van der Waals surface area contributed by atoms with Crippen LogP contribution in [0.2, 0.25) is 0 Å². The van der Waals surface area contributed by atoms with E-state index in [0.717, 1.165) is 22.0 Å². The first kappa shape index (κ1) is 19.4. The monoisotopic (exact) mass is 382 g/mol. The SMILES string of the molecule is CC(Cc1ccccc1)N(C)S(=O)(=O)c1cccc2c(N(C)C)cccc12. The molecule has 0 radical (unpaired) electrons. The van der Waals surface area contributed by atoms with Gasteiger partial charge in [0.05, 0.1) is 4.90 Å². The minimum atomic E-state index is -3.61. The molecule has 5 heteroatoms. The number of anilines is 1. The quantitative estimate of drug-likeness (QED) is 0.643. The van der Waals surface area contributed by atoms with Crippen LogP contribution in [0.3, 0.4) is 0 Å². The van der Waals surface area contributed by atoms with E-state index in [1.807, 2.05) is 86.6 Å². The number of benzene rings is 3. The molecule has 3 aromatic carbocycles. The van der Waals surface area contributed by atoms with Crippen molar-refractivity contribution in [2.45, 2.75) is 24.3 Å². The van der Waals surface area contributed by atoms with Gasteiger partial charge < -0.3 is 4.90 Å². The van der Waals surface area contributed by atoms with Crippen molar-refractivity contribution in [3.63, 3.8) is 0 Å². The van der Waals surface area contributed by atoms with E-state index in [1.54, 1.807) is 13.1 Å². The van der Waals surface area contributed by atoms with Crippen LogP contribution in [0.1, 0.15) is 12.5 Å². The molecule has 0 aliphatic carbocycles. The van der Waals surface area contributed by atoms with Crippen molar-refractivity contribution in [2.75, 3.05) is 26.0 Å². The number of hydrogen-bond donors (Lipinski definition) is 0. The van der Waals surface area contributed by atoms with Gasteiger partial charge in [-0.25, -0.2) is 8.42 Å². The zero-order valence-electron chi connectivity index (χ0n) is 16.3. The summed E-state index contributed by atoms with van der Waals surface area (Å²) in [5, 5.41) is 1.69. The molecule has 0 saturated heterocycles. The lowest BCUT2D eigenvalue weighted by molar-refractivity contribution is 0.387. The normalized spacial score (nSPS) is 13.1. The van der Waals surface area contributed by atoms with Gasteiger partial charge in [-0.2, -0.15) is 4.31 Å². The van der Waals surface area contributed by atoms with Crippen LogP contribution in [0, 0.1) is 0 Å². The highest BCUT2D eigenvalue weighted by molar-refractivity contribution is 7.89. The van der Waals surface area contributed by atoms with Crippen molar-refractivity contribution in [1.29, 1.82) is 0 Å². The molecule has 1 unspecified atom stereocenters. The van der Waals surface area contributed by atoms with Crippen LogP contribution in [0.5, 0.6) is 0 Å². The van der Waals surface area contributed by atoms with Crippen LogP contribution in [-0.2, 0) is 16.4 Å². The molecule has 0 aliphatic rings. The second-order valence-electron chi connectivity index (χ2n) is 7.08. The third-order valence-corrected chi connectivity index (χ3v) is 7.02. The zero-order valence-corrected chi connectivity index (χ0v) is 17.1. The molecule has 1 atom stereocenters. The highest BCUT2D eigenvalue weighted by atomic mass is 32.2. The number of hydrogen-bond acceptors (Lipinski definition) is 3. The van der Waals surface area contributed by atoms with E-state index in [0.29, 0.717) is 11.3 Å². The average Bonchev–Trinajstić information content (AvgIpc) is 2.66. The minimum Gasteiger partial charge on any atom is -0.377 e. The summed E-state index contributed by atoms with van der Waals surface area (Å²) >= 11 is 0. The Hall–Kier alpha value is -2.37. The molecule has 142 valence electrons. The van der Waals surface area contributed by atoms with Crippen molar-refractivity contribution in [2.24, 2.45) is 0 Å². The predicted molar refractivity (Wildman–Crippen MR) is 113 cm³/mol. The summed E-state index contributed by atoms with van der Waals surface area (Å²) in [6.07, 6.45) is 0.671. The summed E-state index contributed by atoms with van der Waals surface area (Å²) in [7, 11) is 1.98. The molecule has 0 aromatic heterocycles. The van der Waals surface area contributed by atoms with Crippen LogP contribution < -0.4 is 4.90 Å². The van der Waals surface area contributed by atoms with Crippen molar-refractivity contribution >= 4 is 26.5 Å². The van der Waals surface area contributed by atoms with Gasteiger partial charge in [0.2, 0.25) is 10.0 Å². The summed E-state index contributed by atoms with van der Waals surface area (Å²) in [5.41, 5.74) is 2.13. The maximum atomic E-state index is 13.4. The van der Waals surface area contributed by atoms with Gasteiger partial charge in [-0.05, 0) is 31.0 Å². The highest BCUT2D eigenvalue weighted by Gasteiger charge is 2.27. The number of rotatable bonds is 6. The van der Waals surface area contributed by atoms with Crippen LogP contribution in [0.25, 0.3) is 10.8 Å². The number of fused-ring (bicyclic) bond motifs is 1. The summed E-state index contributed by atoms with van der Waals surface area (Å²) in [5.74, 6) is 0. The molecular weight excluding hydrogens is 356 g/mol. The Balaban J connectivity index is 2.00. The molecule has 0 saturated carbocycles. The van der Waals surface area contributed by atoms with Crippen molar-refractivity contribution in [3.8, 4) is 0 Å².